The summed E-state index contributed by atoms with van der Waals surface area (Å²) in [5, 5.41) is 23.3. The number of nitrogens with one attached hydrogen (secondary N) is 1. The minimum Gasteiger partial charge on any atom is -0.387 e. The lowest BCUT2D eigenvalue weighted by Crippen LogP contribution is -2.50. The van der Waals surface area contributed by atoms with Gasteiger partial charge in [0.2, 0.25) is 5.91 Å². The number of aliphatic hydroxyl groups excluding tert-OH is 2. The van der Waals surface area contributed by atoms with Gasteiger partial charge < -0.3 is 15.5 Å². The number of amides is 1. The summed E-state index contributed by atoms with van der Waals surface area (Å²) in [7, 11) is -4.45. The molecule has 270 valence electrons. The number of hydrogen-bond acceptors (Lipinski definition) is 5. The number of unbranched alkanes of at least 4 members (excludes halogenated alkanes) is 20. The second kappa shape index (κ2) is 32.1. The van der Waals surface area contributed by atoms with Crippen molar-refractivity contribution >= 4 is 16.0 Å². The number of allylic oxidation sites excluding steroid dienone is 5. The van der Waals surface area contributed by atoms with Crippen molar-refractivity contribution < 1.29 is 28.0 Å². The van der Waals surface area contributed by atoms with E-state index in [1.807, 2.05) is 0 Å². The lowest BCUT2D eigenvalue weighted by molar-refractivity contribution is -0.130. The van der Waals surface area contributed by atoms with Crippen molar-refractivity contribution in [3.05, 3.63) is 36.5 Å². The van der Waals surface area contributed by atoms with Gasteiger partial charge in [-0.1, -0.05) is 166 Å². The Balaban J connectivity index is 4.19. The van der Waals surface area contributed by atoms with E-state index in [-0.39, 0.29) is 6.42 Å². The van der Waals surface area contributed by atoms with Crippen molar-refractivity contribution in [1.82, 2.24) is 5.32 Å². The molecule has 0 heterocycles. The molecule has 0 aliphatic heterocycles. The Labute approximate surface area is 283 Å². The fraction of sp³-hybridized carbons (Fsp3) is 0.816. The van der Waals surface area contributed by atoms with Crippen LogP contribution in [-0.4, -0.2) is 53.1 Å². The number of carbonyl (C=O) groups excluding carboxylic acids is 1. The van der Waals surface area contributed by atoms with E-state index < -0.39 is 40.0 Å². The predicted molar refractivity (Wildman–Crippen MR) is 195 cm³/mol. The van der Waals surface area contributed by atoms with Gasteiger partial charge in [0.05, 0.1) is 17.9 Å². The van der Waals surface area contributed by atoms with Gasteiger partial charge in [0.1, 0.15) is 6.10 Å². The summed E-state index contributed by atoms with van der Waals surface area (Å²) < 4.78 is 32.4. The smallest absolute Gasteiger partial charge is 0.267 e. The average Bonchev–Trinajstić information content (AvgIpc) is 3.01. The van der Waals surface area contributed by atoms with Crippen molar-refractivity contribution in [2.75, 3.05) is 5.75 Å². The Morgan fingerprint density at radius 1 is 0.587 bits per heavy atom. The highest BCUT2D eigenvalue weighted by atomic mass is 32.2. The van der Waals surface area contributed by atoms with Crippen molar-refractivity contribution in [1.29, 1.82) is 0 Å². The van der Waals surface area contributed by atoms with E-state index >= 15 is 0 Å². The van der Waals surface area contributed by atoms with Crippen LogP contribution in [0.25, 0.3) is 0 Å². The fourth-order valence-electron chi connectivity index (χ4n) is 5.49. The Morgan fingerprint density at radius 2 is 0.978 bits per heavy atom. The summed E-state index contributed by atoms with van der Waals surface area (Å²) in [4.78, 5) is 12.5. The van der Waals surface area contributed by atoms with Crippen molar-refractivity contribution in [3.8, 4) is 0 Å². The molecule has 3 atom stereocenters. The Kier molecular flexibility index (Phi) is 31.1. The molecule has 0 aliphatic rings. The van der Waals surface area contributed by atoms with Gasteiger partial charge in [-0.05, 0) is 44.9 Å². The lowest BCUT2D eigenvalue weighted by atomic mass is 10.0. The summed E-state index contributed by atoms with van der Waals surface area (Å²) in [5.41, 5.74) is 0. The van der Waals surface area contributed by atoms with Gasteiger partial charge in [0.25, 0.3) is 10.1 Å². The molecule has 0 bridgehead atoms. The van der Waals surface area contributed by atoms with E-state index in [1.54, 1.807) is 6.08 Å². The fourth-order valence-corrected chi connectivity index (χ4v) is 6.22. The van der Waals surface area contributed by atoms with E-state index in [4.69, 9.17) is 0 Å². The topological polar surface area (TPSA) is 124 Å². The summed E-state index contributed by atoms with van der Waals surface area (Å²) in [6.45, 7) is 4.48. The van der Waals surface area contributed by atoms with E-state index in [0.717, 1.165) is 44.9 Å². The molecule has 0 saturated heterocycles. The molecule has 0 saturated carbocycles. The molecule has 8 heteroatoms. The minimum absolute atomic E-state index is 0.273. The third kappa shape index (κ3) is 31.1. The van der Waals surface area contributed by atoms with Gasteiger partial charge in [-0.2, -0.15) is 8.42 Å². The molecule has 0 rings (SSSR count). The number of aliphatic hydroxyl groups is 2. The molecule has 46 heavy (non-hydrogen) atoms. The highest BCUT2D eigenvalue weighted by Crippen LogP contribution is 2.14. The van der Waals surface area contributed by atoms with Gasteiger partial charge in [-0.25, -0.2) is 0 Å². The second-order valence-corrected chi connectivity index (χ2v) is 14.5. The van der Waals surface area contributed by atoms with Gasteiger partial charge >= 0.3 is 0 Å². The molecular weight excluding hydrogens is 598 g/mol. The van der Waals surface area contributed by atoms with Gasteiger partial charge in [0, 0.05) is 0 Å². The summed E-state index contributed by atoms with van der Waals surface area (Å²) >= 11 is 0. The first-order valence-corrected chi connectivity index (χ1v) is 20.4. The first-order chi connectivity index (χ1) is 22.2. The zero-order chi connectivity index (χ0) is 34.1. The van der Waals surface area contributed by atoms with Crippen LogP contribution in [0.15, 0.2) is 36.5 Å². The maximum absolute atomic E-state index is 12.5. The molecular formula is C38H71NO6S. The molecule has 0 aromatic rings. The quantitative estimate of drug-likeness (QED) is 0.0313. The normalized spacial score (nSPS) is 14.5. The second-order valence-electron chi connectivity index (χ2n) is 13.0. The molecule has 1 amide bonds. The minimum atomic E-state index is -4.45. The van der Waals surface area contributed by atoms with Crippen LogP contribution in [0.5, 0.6) is 0 Å². The molecule has 0 aromatic heterocycles. The lowest BCUT2D eigenvalue weighted by Gasteiger charge is -2.22. The van der Waals surface area contributed by atoms with Crippen molar-refractivity contribution in [2.24, 2.45) is 0 Å². The zero-order valence-electron chi connectivity index (χ0n) is 29.6. The maximum Gasteiger partial charge on any atom is 0.267 e. The largest absolute Gasteiger partial charge is 0.387 e. The van der Waals surface area contributed by atoms with Crippen LogP contribution in [0.1, 0.15) is 174 Å². The van der Waals surface area contributed by atoms with E-state index in [1.165, 1.54) is 102 Å². The standard InChI is InChI=1S/C38H71NO6S/c1-3-5-7-9-11-13-15-17-18-19-21-22-24-26-28-30-32-36(40)35(34-46(43,44)45)39-38(42)37(41)33-31-29-27-25-23-20-16-14-12-10-8-6-4-2/h17-18,22,24,30,32,35-37,40-41H,3-16,19-21,23,25-29,31,33-34H2,1-2H3,(H,39,42)(H,43,44,45)/b18-17+,24-22+,32-30+. The molecule has 0 aromatic carbocycles. The average molecular weight is 670 g/mol. The number of rotatable bonds is 33. The summed E-state index contributed by atoms with van der Waals surface area (Å²) in [5.74, 6) is -1.56. The Hall–Kier alpha value is -1.48. The molecule has 4 N–H and O–H groups in total. The van der Waals surface area contributed by atoms with Crippen LogP contribution >= 0.6 is 0 Å². The van der Waals surface area contributed by atoms with Gasteiger partial charge in [-0.15, -0.1) is 0 Å². The highest BCUT2D eigenvalue weighted by Gasteiger charge is 2.27. The third-order valence-electron chi connectivity index (χ3n) is 8.40. The Bertz CT molecular complexity index is 886. The predicted octanol–water partition coefficient (Wildman–Crippen LogP) is 9.54. The van der Waals surface area contributed by atoms with E-state index in [0.29, 0.717) is 12.8 Å². The van der Waals surface area contributed by atoms with E-state index in [2.05, 4.69) is 43.5 Å². The first-order valence-electron chi connectivity index (χ1n) is 18.8. The van der Waals surface area contributed by atoms with E-state index in [9.17, 15) is 28.0 Å². The van der Waals surface area contributed by atoms with Crippen LogP contribution in [0, 0.1) is 0 Å². The molecule has 7 nitrogen and oxygen atoms in total. The molecule has 0 spiro atoms. The highest BCUT2D eigenvalue weighted by molar-refractivity contribution is 7.85. The molecule has 0 fully saturated rings. The van der Waals surface area contributed by atoms with Crippen molar-refractivity contribution in [3.63, 3.8) is 0 Å². The molecule has 0 aliphatic carbocycles. The summed E-state index contributed by atoms with van der Waals surface area (Å²) in [6.07, 6.45) is 37.7. The Morgan fingerprint density at radius 3 is 1.43 bits per heavy atom. The van der Waals surface area contributed by atoms with Crippen LogP contribution in [-0.2, 0) is 14.9 Å². The van der Waals surface area contributed by atoms with Crippen molar-refractivity contribution in [2.45, 2.75) is 193 Å². The van der Waals surface area contributed by atoms with Crippen LogP contribution in [0.2, 0.25) is 0 Å². The molecule has 3 unspecified atom stereocenters. The molecule has 0 radical (unpaired) electrons. The zero-order valence-corrected chi connectivity index (χ0v) is 30.4. The maximum atomic E-state index is 12.5. The number of carbonyl (C=O) groups is 1. The van der Waals surface area contributed by atoms with Gasteiger partial charge in [0.15, 0.2) is 0 Å². The van der Waals surface area contributed by atoms with Gasteiger partial charge in [-0.3, -0.25) is 9.35 Å². The first kappa shape index (κ1) is 44.5. The van der Waals surface area contributed by atoms with Crippen LogP contribution in [0.3, 0.4) is 0 Å². The summed E-state index contributed by atoms with van der Waals surface area (Å²) in [6, 6.07) is -1.25. The monoisotopic (exact) mass is 670 g/mol. The number of hydrogen-bond donors (Lipinski definition) is 4. The SMILES string of the molecule is CCCCCCCC/C=C/CC/C=C/CC/C=C/C(O)C(CS(=O)(=O)O)NC(=O)C(O)CCCCCCCCCCCCCCC. The van der Waals surface area contributed by atoms with Crippen LogP contribution in [0.4, 0.5) is 0 Å². The third-order valence-corrected chi connectivity index (χ3v) is 9.19. The van der Waals surface area contributed by atoms with Crippen LogP contribution < -0.4 is 5.32 Å².